The van der Waals surface area contributed by atoms with Crippen molar-refractivity contribution in [3.05, 3.63) is 35.4 Å². The highest BCUT2D eigenvalue weighted by atomic mass is 16.3. The fraction of sp³-hybridized carbons (Fsp3) is 0.696. The third-order valence-corrected chi connectivity index (χ3v) is 6.34. The maximum Gasteiger partial charge on any atom is 0.256 e. The van der Waals surface area contributed by atoms with Gasteiger partial charge in [-0.15, -0.1) is 0 Å². The van der Waals surface area contributed by atoms with E-state index in [9.17, 15) is 9.90 Å². The zero-order valence-electron chi connectivity index (χ0n) is 17.9. The van der Waals surface area contributed by atoms with Crippen molar-refractivity contribution in [1.82, 2.24) is 14.7 Å². The van der Waals surface area contributed by atoms with E-state index in [1.807, 2.05) is 4.90 Å². The Morgan fingerprint density at radius 2 is 1.68 bits per heavy atom. The van der Waals surface area contributed by atoms with Crippen molar-refractivity contribution in [3.63, 3.8) is 0 Å². The molecule has 1 aromatic carbocycles. The summed E-state index contributed by atoms with van der Waals surface area (Å²) >= 11 is 0. The first-order valence-electron chi connectivity index (χ1n) is 11.0. The molecule has 28 heavy (non-hydrogen) atoms. The van der Waals surface area contributed by atoms with Crippen LogP contribution in [-0.4, -0.2) is 77.1 Å². The van der Waals surface area contributed by atoms with E-state index in [1.165, 1.54) is 5.56 Å². The first-order valence-corrected chi connectivity index (χ1v) is 11.0. The summed E-state index contributed by atoms with van der Waals surface area (Å²) in [4.78, 5) is 19.7. The van der Waals surface area contributed by atoms with Gasteiger partial charge in [0.15, 0.2) is 5.60 Å². The lowest BCUT2D eigenvalue weighted by Crippen LogP contribution is -2.58. The Bertz CT molecular complexity index is 646. The minimum Gasteiger partial charge on any atom is -0.379 e. The van der Waals surface area contributed by atoms with Crippen molar-refractivity contribution >= 4 is 5.91 Å². The molecule has 0 unspecified atom stereocenters. The molecule has 156 valence electrons. The van der Waals surface area contributed by atoms with Gasteiger partial charge in [-0.1, -0.05) is 45.0 Å². The zero-order chi connectivity index (χ0) is 20.1. The first-order chi connectivity index (χ1) is 13.4. The number of aliphatic hydroxyl groups is 1. The summed E-state index contributed by atoms with van der Waals surface area (Å²) in [5.41, 5.74) is 1.21. The van der Waals surface area contributed by atoms with E-state index < -0.39 is 5.60 Å². The minimum atomic E-state index is -1.24. The van der Waals surface area contributed by atoms with Crippen LogP contribution in [-0.2, 0) is 11.3 Å². The largest absolute Gasteiger partial charge is 0.379 e. The van der Waals surface area contributed by atoms with Crippen LogP contribution in [0.3, 0.4) is 0 Å². The molecular weight excluding hydrogens is 350 g/mol. The van der Waals surface area contributed by atoms with Crippen molar-refractivity contribution in [2.75, 3.05) is 45.8 Å². The second kappa shape index (κ2) is 9.38. The Kier molecular flexibility index (Phi) is 7.13. The van der Waals surface area contributed by atoms with E-state index in [-0.39, 0.29) is 5.91 Å². The Morgan fingerprint density at radius 3 is 2.36 bits per heavy atom. The molecule has 0 bridgehead atoms. The average Bonchev–Trinajstić information content (AvgIpc) is 2.91. The second-order valence-corrected chi connectivity index (χ2v) is 8.82. The Labute approximate surface area is 170 Å². The molecule has 2 saturated heterocycles. The molecule has 0 spiro atoms. The van der Waals surface area contributed by atoms with Crippen LogP contribution in [0.2, 0.25) is 0 Å². The molecule has 0 aromatic heterocycles. The molecule has 3 rings (SSSR count). The maximum absolute atomic E-state index is 13.1. The number of likely N-dealkylation sites (tertiary alicyclic amines) is 1. The van der Waals surface area contributed by atoms with Crippen LogP contribution in [0.5, 0.6) is 0 Å². The lowest BCUT2D eigenvalue weighted by Gasteiger charge is -2.40. The van der Waals surface area contributed by atoms with Crippen LogP contribution in [0.1, 0.15) is 57.1 Å². The van der Waals surface area contributed by atoms with Gasteiger partial charge in [0.05, 0.1) is 0 Å². The van der Waals surface area contributed by atoms with E-state index >= 15 is 0 Å². The molecule has 2 heterocycles. The fourth-order valence-electron chi connectivity index (χ4n) is 4.46. The van der Waals surface area contributed by atoms with Crippen LogP contribution in [0.4, 0.5) is 0 Å². The smallest absolute Gasteiger partial charge is 0.256 e. The molecule has 1 amide bonds. The second-order valence-electron chi connectivity index (χ2n) is 8.82. The molecule has 0 radical (unpaired) electrons. The summed E-state index contributed by atoms with van der Waals surface area (Å²) in [6.07, 6.45) is 2.54. The van der Waals surface area contributed by atoms with Crippen LogP contribution >= 0.6 is 0 Å². The molecule has 0 aliphatic carbocycles. The van der Waals surface area contributed by atoms with E-state index in [4.69, 9.17) is 0 Å². The Balaban J connectivity index is 1.62. The Morgan fingerprint density at radius 1 is 1.00 bits per heavy atom. The number of hydrogen-bond donors (Lipinski definition) is 1. The molecule has 2 fully saturated rings. The monoisotopic (exact) mass is 387 g/mol. The van der Waals surface area contributed by atoms with Crippen molar-refractivity contribution in [2.24, 2.45) is 0 Å². The van der Waals surface area contributed by atoms with E-state index in [2.05, 4.69) is 54.8 Å². The third kappa shape index (κ3) is 5.13. The molecule has 5 nitrogen and oxygen atoms in total. The number of rotatable bonds is 6. The number of carbonyl (C=O) groups excluding carboxylic acids is 1. The summed E-state index contributed by atoms with van der Waals surface area (Å²) in [5.74, 6) is 0.413. The van der Waals surface area contributed by atoms with Gasteiger partial charge in [-0.05, 0) is 55.9 Å². The van der Waals surface area contributed by atoms with E-state index in [0.717, 1.165) is 57.7 Å². The number of benzene rings is 1. The molecule has 1 N–H and O–H groups in total. The number of likely N-dealkylation sites (N-methyl/N-ethyl adjacent to an activating group) is 1. The van der Waals surface area contributed by atoms with Gasteiger partial charge in [0, 0.05) is 32.7 Å². The molecule has 2 aliphatic rings. The highest BCUT2D eigenvalue weighted by Gasteiger charge is 2.43. The van der Waals surface area contributed by atoms with Crippen LogP contribution in [0.25, 0.3) is 0 Å². The summed E-state index contributed by atoms with van der Waals surface area (Å²) < 4.78 is 0. The molecule has 2 aliphatic heterocycles. The average molecular weight is 388 g/mol. The van der Waals surface area contributed by atoms with Crippen LogP contribution in [0, 0.1) is 0 Å². The third-order valence-electron chi connectivity index (χ3n) is 6.34. The SMILES string of the molecule is CCN1CCCN(C[C@@]2(O)CCCN(Cc3ccc(C(C)C)cc3)C2=O)CC1. The van der Waals surface area contributed by atoms with Gasteiger partial charge in [0.2, 0.25) is 0 Å². The quantitative estimate of drug-likeness (QED) is 0.815. The topological polar surface area (TPSA) is 47.0 Å². The predicted molar refractivity (Wildman–Crippen MR) is 113 cm³/mol. The van der Waals surface area contributed by atoms with Gasteiger partial charge >= 0.3 is 0 Å². The van der Waals surface area contributed by atoms with Gasteiger partial charge in [-0.3, -0.25) is 9.69 Å². The van der Waals surface area contributed by atoms with Gasteiger partial charge in [0.25, 0.3) is 5.91 Å². The minimum absolute atomic E-state index is 0.0942. The summed E-state index contributed by atoms with van der Waals surface area (Å²) in [6, 6.07) is 8.53. The summed E-state index contributed by atoms with van der Waals surface area (Å²) in [5, 5.41) is 11.2. The lowest BCUT2D eigenvalue weighted by molar-refractivity contribution is -0.160. The standard InChI is InChI=1S/C23H37N3O2/c1-4-24-12-6-13-25(16-15-24)18-23(28)11-5-14-26(22(23)27)17-20-7-9-21(10-8-20)19(2)3/h7-10,19,28H,4-6,11-18H2,1-3H3/t23-/m0/s1. The van der Waals surface area contributed by atoms with Crippen molar-refractivity contribution < 1.29 is 9.90 Å². The number of β-amino-alcohol motifs (C(OH)–C–C–N with tert-alkyl or cyclic N) is 1. The van der Waals surface area contributed by atoms with Gasteiger partial charge < -0.3 is 14.9 Å². The van der Waals surface area contributed by atoms with Crippen LogP contribution in [0.15, 0.2) is 24.3 Å². The molecule has 1 aromatic rings. The number of piperidine rings is 1. The number of hydrogen-bond acceptors (Lipinski definition) is 4. The Hall–Kier alpha value is -1.43. The van der Waals surface area contributed by atoms with Gasteiger partial charge in [-0.25, -0.2) is 0 Å². The number of carbonyl (C=O) groups is 1. The van der Waals surface area contributed by atoms with E-state index in [1.54, 1.807) is 0 Å². The number of amides is 1. The summed E-state index contributed by atoms with van der Waals surface area (Å²) in [6.45, 7) is 13.4. The van der Waals surface area contributed by atoms with E-state index in [0.29, 0.717) is 25.4 Å². The fourth-order valence-corrected chi connectivity index (χ4v) is 4.46. The number of nitrogens with zero attached hydrogens (tertiary/aromatic N) is 3. The van der Waals surface area contributed by atoms with Gasteiger partial charge in [-0.2, -0.15) is 0 Å². The molecule has 1 atom stereocenters. The zero-order valence-corrected chi connectivity index (χ0v) is 17.9. The normalized spacial score (nSPS) is 25.3. The molecule has 5 heteroatoms. The van der Waals surface area contributed by atoms with Gasteiger partial charge in [0.1, 0.15) is 0 Å². The van der Waals surface area contributed by atoms with Crippen molar-refractivity contribution in [2.45, 2.75) is 58.1 Å². The maximum atomic E-state index is 13.1. The highest BCUT2D eigenvalue weighted by molar-refractivity contribution is 5.86. The summed E-state index contributed by atoms with van der Waals surface area (Å²) in [7, 11) is 0. The first kappa shape index (κ1) is 21.3. The van der Waals surface area contributed by atoms with Crippen molar-refractivity contribution in [1.29, 1.82) is 0 Å². The molecular formula is C23H37N3O2. The van der Waals surface area contributed by atoms with Crippen LogP contribution < -0.4 is 0 Å². The lowest BCUT2D eigenvalue weighted by atomic mass is 9.90. The van der Waals surface area contributed by atoms with Crippen molar-refractivity contribution in [3.8, 4) is 0 Å². The predicted octanol–water partition coefficient (Wildman–Crippen LogP) is 2.69. The molecule has 0 saturated carbocycles. The highest BCUT2D eigenvalue weighted by Crippen LogP contribution is 2.26.